The van der Waals surface area contributed by atoms with Gasteiger partial charge in [-0.3, -0.25) is 4.90 Å². The standard InChI is InChI=1S/C16H23ClN2O2/c1-20-15-10-16(21-2)14(9-13(15)17)19-8-4-7-18-6-3-5-12(18)11-19/h9-10,12H,3-8,11H2,1-2H3. The van der Waals surface area contributed by atoms with Crippen LogP contribution in [-0.2, 0) is 0 Å². The van der Waals surface area contributed by atoms with Gasteiger partial charge in [-0.25, -0.2) is 0 Å². The second-order valence-electron chi connectivity index (χ2n) is 5.79. The number of hydrogen-bond donors (Lipinski definition) is 0. The van der Waals surface area contributed by atoms with Crippen LogP contribution in [0.5, 0.6) is 11.5 Å². The molecule has 0 radical (unpaired) electrons. The number of hydrogen-bond acceptors (Lipinski definition) is 4. The van der Waals surface area contributed by atoms with Gasteiger partial charge in [-0.1, -0.05) is 11.6 Å². The first-order chi connectivity index (χ1) is 10.2. The molecule has 1 aromatic rings. The molecular weight excluding hydrogens is 288 g/mol. The predicted molar refractivity (Wildman–Crippen MR) is 86.0 cm³/mol. The summed E-state index contributed by atoms with van der Waals surface area (Å²) >= 11 is 6.31. The summed E-state index contributed by atoms with van der Waals surface area (Å²) in [6, 6.07) is 4.52. The molecule has 2 fully saturated rings. The van der Waals surface area contributed by atoms with Crippen LogP contribution in [0.25, 0.3) is 0 Å². The zero-order chi connectivity index (χ0) is 14.8. The van der Waals surface area contributed by atoms with E-state index in [-0.39, 0.29) is 0 Å². The van der Waals surface area contributed by atoms with Crippen molar-refractivity contribution in [2.24, 2.45) is 0 Å². The normalized spacial score (nSPS) is 22.8. The molecule has 0 N–H and O–H groups in total. The summed E-state index contributed by atoms with van der Waals surface area (Å²) in [7, 11) is 3.33. The van der Waals surface area contributed by atoms with Gasteiger partial charge in [0.2, 0.25) is 0 Å². The average molecular weight is 311 g/mol. The number of methoxy groups -OCH3 is 2. The lowest BCUT2D eigenvalue weighted by Crippen LogP contribution is -2.36. The molecule has 0 amide bonds. The van der Waals surface area contributed by atoms with E-state index in [1.807, 2.05) is 12.1 Å². The Morgan fingerprint density at radius 3 is 2.57 bits per heavy atom. The second-order valence-corrected chi connectivity index (χ2v) is 6.20. The van der Waals surface area contributed by atoms with Gasteiger partial charge in [-0.05, 0) is 31.9 Å². The first-order valence-corrected chi connectivity index (χ1v) is 8.01. The highest BCUT2D eigenvalue weighted by molar-refractivity contribution is 6.32. The quantitative estimate of drug-likeness (QED) is 0.857. The molecule has 2 saturated heterocycles. The summed E-state index contributed by atoms with van der Waals surface area (Å²) in [5, 5.41) is 0.640. The van der Waals surface area contributed by atoms with Crippen molar-refractivity contribution < 1.29 is 9.47 Å². The minimum Gasteiger partial charge on any atom is -0.495 e. The minimum atomic E-state index is 0.640. The van der Waals surface area contributed by atoms with Crippen LogP contribution >= 0.6 is 11.6 Å². The average Bonchev–Trinajstić information content (AvgIpc) is 2.84. The van der Waals surface area contributed by atoms with Gasteiger partial charge in [0.25, 0.3) is 0 Å². The Balaban J connectivity index is 1.89. The zero-order valence-corrected chi connectivity index (χ0v) is 13.5. The molecule has 116 valence electrons. The van der Waals surface area contributed by atoms with Gasteiger partial charge in [0.15, 0.2) is 0 Å². The smallest absolute Gasteiger partial charge is 0.145 e. The Hall–Kier alpha value is -1.13. The first-order valence-electron chi connectivity index (χ1n) is 7.63. The van der Waals surface area contributed by atoms with Gasteiger partial charge in [-0.15, -0.1) is 0 Å². The molecule has 0 spiro atoms. The predicted octanol–water partition coefficient (Wildman–Crippen LogP) is 3.03. The van der Waals surface area contributed by atoms with Crippen molar-refractivity contribution >= 4 is 17.3 Å². The lowest BCUT2D eigenvalue weighted by molar-refractivity contribution is 0.273. The Kier molecular flexibility index (Phi) is 4.45. The highest BCUT2D eigenvalue weighted by Crippen LogP contribution is 2.39. The molecule has 1 unspecified atom stereocenters. The lowest BCUT2D eigenvalue weighted by Gasteiger charge is -2.29. The monoisotopic (exact) mass is 310 g/mol. The number of anilines is 1. The van der Waals surface area contributed by atoms with Crippen molar-refractivity contribution in [3.05, 3.63) is 17.2 Å². The molecule has 4 nitrogen and oxygen atoms in total. The fourth-order valence-electron chi connectivity index (χ4n) is 3.52. The number of fused-ring (bicyclic) bond motifs is 1. The molecule has 0 bridgehead atoms. The molecule has 0 aromatic heterocycles. The van der Waals surface area contributed by atoms with Crippen LogP contribution in [0.1, 0.15) is 19.3 Å². The SMILES string of the molecule is COc1cc(OC)c(N2CCCN3CCCC3C2)cc1Cl. The Morgan fingerprint density at radius 1 is 1.05 bits per heavy atom. The molecular formula is C16H23ClN2O2. The van der Waals surface area contributed by atoms with Crippen molar-refractivity contribution in [1.29, 1.82) is 0 Å². The van der Waals surface area contributed by atoms with E-state index in [2.05, 4.69) is 9.80 Å². The van der Waals surface area contributed by atoms with Crippen molar-refractivity contribution in [3.8, 4) is 11.5 Å². The van der Waals surface area contributed by atoms with Crippen LogP contribution in [0.3, 0.4) is 0 Å². The molecule has 21 heavy (non-hydrogen) atoms. The van der Waals surface area contributed by atoms with Gasteiger partial charge in [0.1, 0.15) is 11.5 Å². The number of nitrogens with zero attached hydrogens (tertiary/aromatic N) is 2. The van der Waals surface area contributed by atoms with Gasteiger partial charge in [0.05, 0.1) is 24.9 Å². The molecule has 2 heterocycles. The van der Waals surface area contributed by atoms with E-state index < -0.39 is 0 Å². The summed E-state index contributed by atoms with van der Waals surface area (Å²) < 4.78 is 10.8. The molecule has 1 aromatic carbocycles. The molecule has 0 saturated carbocycles. The molecule has 2 aliphatic rings. The topological polar surface area (TPSA) is 24.9 Å². The van der Waals surface area contributed by atoms with Crippen molar-refractivity contribution in [2.75, 3.05) is 45.3 Å². The largest absolute Gasteiger partial charge is 0.495 e. The Morgan fingerprint density at radius 2 is 1.81 bits per heavy atom. The minimum absolute atomic E-state index is 0.640. The molecule has 5 heteroatoms. The summed E-state index contributed by atoms with van der Waals surface area (Å²) in [4.78, 5) is 5.04. The van der Waals surface area contributed by atoms with Crippen LogP contribution in [0.4, 0.5) is 5.69 Å². The zero-order valence-electron chi connectivity index (χ0n) is 12.8. The van der Waals surface area contributed by atoms with Gasteiger partial charge < -0.3 is 14.4 Å². The summed E-state index contributed by atoms with van der Waals surface area (Å²) in [5.41, 5.74) is 1.08. The number of halogens is 1. The Bertz CT molecular complexity index is 509. The van der Waals surface area contributed by atoms with Crippen LogP contribution in [0.2, 0.25) is 5.02 Å². The third kappa shape index (κ3) is 2.92. The number of benzene rings is 1. The highest BCUT2D eigenvalue weighted by atomic mass is 35.5. The van der Waals surface area contributed by atoms with Crippen LogP contribution in [-0.4, -0.2) is 51.3 Å². The molecule has 2 aliphatic heterocycles. The van der Waals surface area contributed by atoms with Crippen LogP contribution in [0, 0.1) is 0 Å². The lowest BCUT2D eigenvalue weighted by atomic mass is 10.2. The summed E-state index contributed by atoms with van der Waals surface area (Å²) in [6.45, 7) is 4.55. The van der Waals surface area contributed by atoms with Crippen LogP contribution < -0.4 is 14.4 Å². The third-order valence-corrected chi connectivity index (χ3v) is 4.89. The maximum Gasteiger partial charge on any atom is 0.145 e. The van der Waals surface area contributed by atoms with E-state index in [0.29, 0.717) is 16.8 Å². The van der Waals surface area contributed by atoms with Crippen molar-refractivity contribution in [3.63, 3.8) is 0 Å². The first kappa shape index (κ1) is 14.8. The van der Waals surface area contributed by atoms with Crippen LogP contribution in [0.15, 0.2) is 12.1 Å². The van der Waals surface area contributed by atoms with Crippen molar-refractivity contribution in [2.45, 2.75) is 25.3 Å². The van der Waals surface area contributed by atoms with E-state index in [9.17, 15) is 0 Å². The highest BCUT2D eigenvalue weighted by Gasteiger charge is 2.30. The van der Waals surface area contributed by atoms with Gasteiger partial charge in [-0.2, -0.15) is 0 Å². The summed E-state index contributed by atoms with van der Waals surface area (Å²) in [5.74, 6) is 1.50. The maximum absolute atomic E-state index is 6.31. The second kappa shape index (κ2) is 6.32. The van der Waals surface area contributed by atoms with E-state index >= 15 is 0 Å². The Labute approximate surface area is 131 Å². The molecule has 0 aliphatic carbocycles. The van der Waals surface area contributed by atoms with E-state index in [4.69, 9.17) is 21.1 Å². The number of ether oxygens (including phenoxy) is 2. The third-order valence-electron chi connectivity index (χ3n) is 4.60. The molecule has 1 atom stereocenters. The van der Waals surface area contributed by atoms with Gasteiger partial charge in [0, 0.05) is 31.7 Å². The fourth-order valence-corrected chi connectivity index (χ4v) is 3.75. The van der Waals surface area contributed by atoms with E-state index in [1.165, 1.54) is 32.4 Å². The molecule has 3 rings (SSSR count). The fraction of sp³-hybridized carbons (Fsp3) is 0.625. The van der Waals surface area contributed by atoms with E-state index in [0.717, 1.165) is 24.5 Å². The summed E-state index contributed by atoms with van der Waals surface area (Å²) in [6.07, 6.45) is 3.80. The maximum atomic E-state index is 6.31. The van der Waals surface area contributed by atoms with Gasteiger partial charge >= 0.3 is 0 Å². The van der Waals surface area contributed by atoms with Crippen molar-refractivity contribution in [1.82, 2.24) is 4.90 Å². The van der Waals surface area contributed by atoms with E-state index in [1.54, 1.807) is 14.2 Å². The number of rotatable bonds is 3.